The number of carbonyl (C=O) groups is 1. The van der Waals surface area contributed by atoms with E-state index in [-0.39, 0.29) is 24.1 Å². The first kappa shape index (κ1) is 13.1. The molecule has 19 heavy (non-hydrogen) atoms. The van der Waals surface area contributed by atoms with Crippen LogP contribution in [0.5, 0.6) is 11.5 Å². The average Bonchev–Trinajstić information content (AvgIpc) is 2.82. The smallest absolute Gasteiger partial charge is 0.296 e. The Labute approximate surface area is 109 Å². The van der Waals surface area contributed by atoms with Gasteiger partial charge in [0.1, 0.15) is 5.69 Å². The highest BCUT2D eigenvalue weighted by atomic mass is 16.7. The first-order chi connectivity index (χ1) is 9.11. The number of benzene rings is 1. The number of fused-ring (bicyclic) bond motifs is 1. The molecule has 7 heteroatoms. The van der Waals surface area contributed by atoms with Gasteiger partial charge in [-0.2, -0.15) is 0 Å². The molecule has 0 bridgehead atoms. The maximum atomic E-state index is 11.6. The second-order valence-electron chi connectivity index (χ2n) is 4.13. The molecule has 1 aliphatic rings. The Morgan fingerprint density at radius 1 is 1.42 bits per heavy atom. The second-order valence-corrected chi connectivity index (χ2v) is 4.13. The molecule has 0 saturated carbocycles. The van der Waals surface area contributed by atoms with Gasteiger partial charge in [0.25, 0.3) is 5.69 Å². The third-order valence-electron chi connectivity index (χ3n) is 2.72. The molecule has 0 aliphatic carbocycles. The molecule has 1 amide bonds. The first-order valence-corrected chi connectivity index (χ1v) is 5.99. The summed E-state index contributed by atoms with van der Waals surface area (Å²) in [6, 6.07) is 2.68. The van der Waals surface area contributed by atoms with Crippen molar-refractivity contribution in [2.75, 3.05) is 12.1 Å². The van der Waals surface area contributed by atoms with E-state index in [0.29, 0.717) is 17.9 Å². The lowest BCUT2D eigenvalue weighted by atomic mass is 10.2. The lowest BCUT2D eigenvalue weighted by molar-refractivity contribution is -0.384. The van der Waals surface area contributed by atoms with E-state index in [4.69, 9.17) is 9.47 Å². The van der Waals surface area contributed by atoms with Gasteiger partial charge in [0, 0.05) is 12.5 Å². The monoisotopic (exact) mass is 266 g/mol. The topological polar surface area (TPSA) is 90.7 Å². The normalized spacial score (nSPS) is 12.3. The summed E-state index contributed by atoms with van der Waals surface area (Å²) in [4.78, 5) is 22.1. The molecule has 0 atom stereocenters. The summed E-state index contributed by atoms with van der Waals surface area (Å²) in [5, 5.41) is 13.5. The molecule has 1 heterocycles. The molecule has 0 spiro atoms. The second kappa shape index (κ2) is 5.55. The maximum absolute atomic E-state index is 11.6. The standard InChI is InChI=1S/C12H14N2O5/c1-2-3-4-12(15)13-8-5-10-11(19-7-18-10)6-9(8)14(16)17/h5-6H,2-4,7H2,1H3,(H,13,15). The fraction of sp³-hybridized carbons (Fsp3) is 0.417. The van der Waals surface area contributed by atoms with Crippen molar-refractivity contribution < 1.29 is 19.2 Å². The molecule has 0 radical (unpaired) electrons. The van der Waals surface area contributed by atoms with Crippen LogP contribution in [0.4, 0.5) is 11.4 Å². The highest BCUT2D eigenvalue weighted by Crippen LogP contribution is 2.40. The van der Waals surface area contributed by atoms with Crippen molar-refractivity contribution in [2.45, 2.75) is 26.2 Å². The van der Waals surface area contributed by atoms with Crippen LogP contribution in [0.15, 0.2) is 12.1 Å². The van der Waals surface area contributed by atoms with Crippen molar-refractivity contribution in [3.05, 3.63) is 22.2 Å². The predicted molar refractivity (Wildman–Crippen MR) is 67.4 cm³/mol. The number of rotatable bonds is 5. The molecule has 7 nitrogen and oxygen atoms in total. The average molecular weight is 266 g/mol. The van der Waals surface area contributed by atoms with Crippen molar-refractivity contribution in [2.24, 2.45) is 0 Å². The Bertz CT molecular complexity index is 515. The molecule has 2 rings (SSSR count). The van der Waals surface area contributed by atoms with Crippen molar-refractivity contribution in [1.82, 2.24) is 0 Å². The van der Waals surface area contributed by atoms with Gasteiger partial charge in [-0.15, -0.1) is 0 Å². The minimum Gasteiger partial charge on any atom is -0.454 e. The van der Waals surface area contributed by atoms with Crippen molar-refractivity contribution in [1.29, 1.82) is 0 Å². The fourth-order valence-corrected chi connectivity index (χ4v) is 1.73. The molecule has 0 saturated heterocycles. The number of ether oxygens (including phenoxy) is 2. The minimum atomic E-state index is -0.558. The quantitative estimate of drug-likeness (QED) is 0.653. The van der Waals surface area contributed by atoms with Crippen LogP contribution in [0.3, 0.4) is 0 Å². The van der Waals surface area contributed by atoms with Gasteiger partial charge < -0.3 is 14.8 Å². The van der Waals surface area contributed by atoms with Gasteiger partial charge in [-0.3, -0.25) is 14.9 Å². The summed E-state index contributed by atoms with van der Waals surface area (Å²) < 4.78 is 10.2. The summed E-state index contributed by atoms with van der Waals surface area (Å²) in [5.74, 6) is 0.471. The lowest BCUT2D eigenvalue weighted by Crippen LogP contribution is -2.12. The third-order valence-corrected chi connectivity index (χ3v) is 2.72. The van der Waals surface area contributed by atoms with Gasteiger partial charge in [-0.05, 0) is 6.42 Å². The Balaban J connectivity index is 2.23. The van der Waals surface area contributed by atoms with E-state index >= 15 is 0 Å². The number of carbonyl (C=O) groups excluding carboxylic acids is 1. The van der Waals surface area contributed by atoms with E-state index in [1.165, 1.54) is 12.1 Å². The molecule has 1 aliphatic heterocycles. The number of hydrogen-bond donors (Lipinski definition) is 1. The van der Waals surface area contributed by atoms with Crippen LogP contribution in [0.2, 0.25) is 0 Å². The van der Waals surface area contributed by atoms with E-state index in [1.54, 1.807) is 0 Å². The van der Waals surface area contributed by atoms with Gasteiger partial charge >= 0.3 is 0 Å². The number of nitro groups is 1. The minimum absolute atomic E-state index is 0.0275. The number of unbranched alkanes of at least 4 members (excludes halogenated alkanes) is 1. The van der Waals surface area contributed by atoms with Gasteiger partial charge in [-0.1, -0.05) is 13.3 Å². The Kier molecular flexibility index (Phi) is 3.84. The molecule has 1 aromatic rings. The molecule has 1 aromatic carbocycles. The van der Waals surface area contributed by atoms with Gasteiger partial charge in [-0.25, -0.2) is 0 Å². The number of nitrogens with zero attached hydrogens (tertiary/aromatic N) is 1. The molecular formula is C12H14N2O5. The van der Waals surface area contributed by atoms with E-state index in [2.05, 4.69) is 5.32 Å². The van der Waals surface area contributed by atoms with Crippen molar-refractivity contribution in [3.8, 4) is 11.5 Å². The first-order valence-electron chi connectivity index (χ1n) is 5.99. The van der Waals surface area contributed by atoms with Crippen LogP contribution in [0.1, 0.15) is 26.2 Å². The van der Waals surface area contributed by atoms with Crippen LogP contribution >= 0.6 is 0 Å². The van der Waals surface area contributed by atoms with Crippen molar-refractivity contribution in [3.63, 3.8) is 0 Å². The van der Waals surface area contributed by atoms with Gasteiger partial charge in [0.15, 0.2) is 11.5 Å². The number of nitro benzene ring substituents is 1. The van der Waals surface area contributed by atoms with Crippen LogP contribution in [0, 0.1) is 10.1 Å². The lowest BCUT2D eigenvalue weighted by Gasteiger charge is -2.06. The Hall–Kier alpha value is -2.31. The highest BCUT2D eigenvalue weighted by molar-refractivity contribution is 5.93. The molecule has 0 aromatic heterocycles. The zero-order valence-electron chi connectivity index (χ0n) is 10.5. The van der Waals surface area contributed by atoms with Crippen molar-refractivity contribution >= 4 is 17.3 Å². The number of hydrogen-bond acceptors (Lipinski definition) is 5. The zero-order chi connectivity index (χ0) is 13.8. The van der Waals surface area contributed by atoms with Crippen LogP contribution in [-0.4, -0.2) is 17.6 Å². The Morgan fingerprint density at radius 3 is 2.74 bits per heavy atom. The van der Waals surface area contributed by atoms with E-state index in [0.717, 1.165) is 12.8 Å². The summed E-state index contributed by atoms with van der Waals surface area (Å²) in [7, 11) is 0. The fourth-order valence-electron chi connectivity index (χ4n) is 1.73. The SMILES string of the molecule is CCCCC(=O)Nc1cc2c(cc1[N+](=O)[O-])OCO2. The third kappa shape index (κ3) is 2.93. The van der Waals surface area contributed by atoms with E-state index in [9.17, 15) is 14.9 Å². The summed E-state index contributed by atoms with van der Waals surface area (Å²) in [6.45, 7) is 2.00. The van der Waals surface area contributed by atoms with E-state index < -0.39 is 4.92 Å². The highest BCUT2D eigenvalue weighted by Gasteiger charge is 2.24. The number of nitrogens with one attached hydrogen (secondary N) is 1. The van der Waals surface area contributed by atoms with Crippen LogP contribution in [0.25, 0.3) is 0 Å². The number of amides is 1. The summed E-state index contributed by atoms with van der Waals surface area (Å²) in [5.41, 5.74) is -0.0653. The molecule has 102 valence electrons. The molecular weight excluding hydrogens is 252 g/mol. The van der Waals surface area contributed by atoms with Gasteiger partial charge in [0.05, 0.1) is 11.0 Å². The number of anilines is 1. The Morgan fingerprint density at radius 2 is 2.11 bits per heavy atom. The molecule has 0 fully saturated rings. The van der Waals surface area contributed by atoms with E-state index in [1.807, 2.05) is 6.92 Å². The van der Waals surface area contributed by atoms with Crippen LogP contribution < -0.4 is 14.8 Å². The van der Waals surface area contributed by atoms with Crippen LogP contribution in [-0.2, 0) is 4.79 Å². The maximum Gasteiger partial charge on any atom is 0.296 e. The van der Waals surface area contributed by atoms with Gasteiger partial charge in [0.2, 0.25) is 12.7 Å². The predicted octanol–water partition coefficient (Wildman–Crippen LogP) is 2.45. The molecule has 1 N–H and O–H groups in total. The molecule has 0 unspecified atom stereocenters. The largest absolute Gasteiger partial charge is 0.454 e. The summed E-state index contributed by atoms with van der Waals surface area (Å²) in [6.07, 6.45) is 1.96. The summed E-state index contributed by atoms with van der Waals surface area (Å²) >= 11 is 0. The zero-order valence-corrected chi connectivity index (χ0v) is 10.5.